The molecule has 0 radical (unpaired) electrons. The largest absolute Gasteiger partial charge is 0.469 e. The van der Waals surface area contributed by atoms with Crippen molar-refractivity contribution in [2.45, 2.75) is 24.9 Å². The molecule has 5 heterocycles. The minimum atomic E-state index is -0.0639. The van der Waals surface area contributed by atoms with Crippen molar-refractivity contribution in [3.05, 3.63) is 17.8 Å². The molecule has 19 heavy (non-hydrogen) atoms. The van der Waals surface area contributed by atoms with Gasteiger partial charge in [0.05, 0.1) is 11.9 Å². The number of hydrogen-bond acceptors (Lipinski definition) is 4. The lowest BCUT2D eigenvalue weighted by Crippen LogP contribution is -2.61. The van der Waals surface area contributed by atoms with E-state index in [1.165, 1.54) is 25.9 Å². The number of piperidine rings is 3. The first-order valence-electron chi connectivity index (χ1n) is 6.89. The van der Waals surface area contributed by atoms with Crippen LogP contribution in [0.2, 0.25) is 0 Å². The van der Waals surface area contributed by atoms with Crippen molar-refractivity contribution in [1.29, 1.82) is 0 Å². The lowest BCUT2D eigenvalue weighted by Gasteiger charge is -2.50. The quantitative estimate of drug-likeness (QED) is 0.807. The Bertz CT molecular complexity index is 525. The van der Waals surface area contributed by atoms with E-state index in [-0.39, 0.29) is 5.60 Å². The van der Waals surface area contributed by atoms with Crippen LogP contribution in [0.15, 0.2) is 12.3 Å². The molecule has 0 unspecified atom stereocenters. The van der Waals surface area contributed by atoms with Gasteiger partial charge in [-0.25, -0.2) is 4.98 Å². The number of ether oxygens (including phenoxy) is 1. The van der Waals surface area contributed by atoms with E-state index in [2.05, 4.69) is 15.2 Å². The molecule has 1 N–H and O–H groups in total. The van der Waals surface area contributed by atoms with Crippen molar-refractivity contribution in [1.82, 2.24) is 9.88 Å². The third-order valence-corrected chi connectivity index (χ3v) is 4.76. The molecular formula is C14H17N3O2. The summed E-state index contributed by atoms with van der Waals surface area (Å²) < 4.78 is 6.23. The maximum absolute atomic E-state index is 10.5. The number of nitrogens with one attached hydrogen (secondary N) is 1. The summed E-state index contributed by atoms with van der Waals surface area (Å²) in [6.07, 6.45) is 5.72. The molecule has 100 valence electrons. The second kappa shape index (κ2) is 3.93. The van der Waals surface area contributed by atoms with Crippen molar-refractivity contribution in [3.8, 4) is 5.88 Å². The van der Waals surface area contributed by atoms with Gasteiger partial charge in [-0.05, 0) is 32.0 Å². The Hall–Kier alpha value is -1.62. The lowest BCUT2D eigenvalue weighted by atomic mass is 9.73. The van der Waals surface area contributed by atoms with E-state index < -0.39 is 0 Å². The van der Waals surface area contributed by atoms with Crippen LogP contribution >= 0.6 is 0 Å². The molecule has 3 saturated heterocycles. The van der Waals surface area contributed by atoms with Crippen LogP contribution in [0, 0.1) is 5.92 Å². The first kappa shape index (κ1) is 11.2. The predicted molar refractivity (Wildman–Crippen MR) is 70.2 cm³/mol. The van der Waals surface area contributed by atoms with Crippen molar-refractivity contribution < 1.29 is 9.53 Å². The van der Waals surface area contributed by atoms with Crippen LogP contribution in [0.4, 0.5) is 5.69 Å². The first-order chi connectivity index (χ1) is 9.29. The Morgan fingerprint density at radius 2 is 2.32 bits per heavy atom. The molecule has 5 nitrogen and oxygen atoms in total. The van der Waals surface area contributed by atoms with Gasteiger partial charge >= 0.3 is 0 Å². The van der Waals surface area contributed by atoms with Gasteiger partial charge in [-0.3, -0.25) is 9.69 Å². The third-order valence-electron chi connectivity index (χ3n) is 4.76. The van der Waals surface area contributed by atoms with E-state index in [0.717, 1.165) is 30.1 Å². The SMILES string of the molecule is O=CNc1cnc2c(c1)C[C@@]1(CN3CCC1CC3)O2. The Morgan fingerprint density at radius 1 is 1.47 bits per heavy atom. The molecule has 4 aliphatic heterocycles. The molecule has 3 fully saturated rings. The fraction of sp³-hybridized carbons (Fsp3) is 0.571. The molecule has 5 rings (SSSR count). The van der Waals surface area contributed by atoms with E-state index in [4.69, 9.17) is 4.74 Å². The molecule has 1 atom stereocenters. The molecular weight excluding hydrogens is 242 g/mol. The van der Waals surface area contributed by atoms with Gasteiger partial charge in [-0.1, -0.05) is 0 Å². The van der Waals surface area contributed by atoms with Gasteiger partial charge in [-0.15, -0.1) is 0 Å². The summed E-state index contributed by atoms with van der Waals surface area (Å²) in [5, 5.41) is 2.65. The van der Waals surface area contributed by atoms with E-state index in [1.807, 2.05) is 6.07 Å². The van der Waals surface area contributed by atoms with E-state index >= 15 is 0 Å². The molecule has 1 aromatic rings. The number of aromatic nitrogens is 1. The van der Waals surface area contributed by atoms with Gasteiger partial charge < -0.3 is 10.1 Å². The fourth-order valence-corrected chi connectivity index (χ4v) is 3.85. The van der Waals surface area contributed by atoms with Gasteiger partial charge in [0.1, 0.15) is 5.60 Å². The van der Waals surface area contributed by atoms with Gasteiger partial charge in [0.2, 0.25) is 12.3 Å². The van der Waals surface area contributed by atoms with Crippen LogP contribution in [0.3, 0.4) is 0 Å². The van der Waals surface area contributed by atoms with Gasteiger partial charge in [0.25, 0.3) is 0 Å². The van der Waals surface area contributed by atoms with E-state index in [0.29, 0.717) is 12.3 Å². The van der Waals surface area contributed by atoms with Crippen LogP contribution in [-0.2, 0) is 11.2 Å². The highest BCUT2D eigenvalue weighted by Crippen LogP contribution is 2.46. The minimum Gasteiger partial charge on any atom is -0.469 e. The van der Waals surface area contributed by atoms with E-state index in [1.54, 1.807) is 6.20 Å². The fourth-order valence-electron chi connectivity index (χ4n) is 3.85. The summed E-state index contributed by atoms with van der Waals surface area (Å²) in [6.45, 7) is 3.43. The molecule has 4 aliphatic rings. The van der Waals surface area contributed by atoms with Crippen molar-refractivity contribution in [3.63, 3.8) is 0 Å². The zero-order valence-electron chi connectivity index (χ0n) is 10.8. The van der Waals surface area contributed by atoms with E-state index in [9.17, 15) is 4.79 Å². The summed E-state index contributed by atoms with van der Waals surface area (Å²) >= 11 is 0. The highest BCUT2D eigenvalue weighted by molar-refractivity contribution is 5.71. The standard InChI is InChI=1S/C14H17N3O2/c18-9-16-12-5-10-6-14(19-13(10)15-7-12)8-17-3-1-11(14)2-4-17/h5,7,9,11H,1-4,6,8H2,(H,16,18)/t14-/m0/s1. The normalized spacial score (nSPS) is 34.9. The number of pyridine rings is 1. The summed E-state index contributed by atoms with van der Waals surface area (Å²) in [5.41, 5.74) is 1.81. The van der Waals surface area contributed by atoms with Gasteiger partial charge in [0, 0.05) is 24.4 Å². The highest BCUT2D eigenvalue weighted by atomic mass is 16.5. The zero-order chi connectivity index (χ0) is 12.9. The molecule has 1 spiro atoms. The number of nitrogens with zero attached hydrogens (tertiary/aromatic N) is 2. The topological polar surface area (TPSA) is 54.5 Å². The summed E-state index contributed by atoms with van der Waals surface area (Å²) in [6, 6.07) is 1.99. The molecule has 5 heteroatoms. The van der Waals surface area contributed by atoms with Crippen LogP contribution in [0.25, 0.3) is 0 Å². The zero-order valence-corrected chi connectivity index (χ0v) is 10.8. The number of anilines is 1. The average molecular weight is 259 g/mol. The monoisotopic (exact) mass is 259 g/mol. The second-order valence-electron chi connectivity index (χ2n) is 5.84. The Balaban J connectivity index is 1.64. The first-order valence-corrected chi connectivity index (χ1v) is 6.89. The second-order valence-corrected chi connectivity index (χ2v) is 5.84. The van der Waals surface area contributed by atoms with Crippen molar-refractivity contribution in [2.24, 2.45) is 5.92 Å². The predicted octanol–water partition coefficient (Wildman–Crippen LogP) is 1.05. The summed E-state index contributed by atoms with van der Waals surface area (Å²) in [5.74, 6) is 1.40. The lowest BCUT2D eigenvalue weighted by molar-refractivity contribution is -0.105. The maximum atomic E-state index is 10.5. The van der Waals surface area contributed by atoms with Crippen molar-refractivity contribution >= 4 is 12.1 Å². The summed E-state index contributed by atoms with van der Waals surface area (Å²) in [4.78, 5) is 17.3. The van der Waals surface area contributed by atoms with Crippen LogP contribution < -0.4 is 10.1 Å². The van der Waals surface area contributed by atoms with Gasteiger partial charge in [-0.2, -0.15) is 0 Å². The summed E-state index contributed by atoms with van der Waals surface area (Å²) in [7, 11) is 0. The number of hydrogen-bond donors (Lipinski definition) is 1. The molecule has 2 bridgehead atoms. The molecule has 0 saturated carbocycles. The molecule has 0 aromatic carbocycles. The number of rotatable bonds is 2. The van der Waals surface area contributed by atoms with Crippen molar-refractivity contribution in [2.75, 3.05) is 25.0 Å². The number of carbonyl (C=O) groups is 1. The molecule has 0 aliphatic carbocycles. The number of amides is 1. The molecule has 1 amide bonds. The Morgan fingerprint density at radius 3 is 3.00 bits per heavy atom. The maximum Gasteiger partial charge on any atom is 0.217 e. The smallest absolute Gasteiger partial charge is 0.217 e. The van der Waals surface area contributed by atoms with Gasteiger partial charge in [0.15, 0.2) is 0 Å². The Labute approximate surface area is 112 Å². The van der Waals surface area contributed by atoms with Crippen LogP contribution in [0.5, 0.6) is 5.88 Å². The molecule has 1 aromatic heterocycles. The number of carbonyl (C=O) groups excluding carboxylic acids is 1. The average Bonchev–Trinajstić information content (AvgIpc) is 2.77. The number of fused-ring (bicyclic) bond motifs is 3. The van der Waals surface area contributed by atoms with Crippen LogP contribution in [-0.4, -0.2) is 41.5 Å². The van der Waals surface area contributed by atoms with Crippen LogP contribution in [0.1, 0.15) is 18.4 Å². The Kier molecular flexibility index (Phi) is 2.33. The minimum absolute atomic E-state index is 0.0639. The third kappa shape index (κ3) is 1.64. The highest BCUT2D eigenvalue weighted by Gasteiger charge is 2.52.